The number of carbonyl (C=O) groups is 1. The van der Waals surface area contributed by atoms with Gasteiger partial charge in [-0.1, -0.05) is 0 Å². The fraction of sp³-hybridized carbons (Fsp3) is 0.0714. The van der Waals surface area contributed by atoms with Gasteiger partial charge in [-0.05, 0) is 29.3 Å². The molecule has 0 bridgehead atoms. The van der Waals surface area contributed by atoms with Crippen LogP contribution < -0.4 is 11.3 Å². The first-order valence-electron chi connectivity index (χ1n) is 6.00. The molecule has 20 heavy (non-hydrogen) atoms. The average molecular weight is 268 g/mol. The Morgan fingerprint density at radius 1 is 1.10 bits per heavy atom. The maximum atomic E-state index is 11.4. The average Bonchev–Trinajstić information content (AvgIpc) is 2.85. The largest absolute Gasteiger partial charge is 0.364 e. The van der Waals surface area contributed by atoms with E-state index in [1.54, 1.807) is 36.0 Å². The van der Waals surface area contributed by atoms with Gasteiger partial charge in [0.05, 0.1) is 0 Å². The first-order valence-corrected chi connectivity index (χ1v) is 6.00. The summed E-state index contributed by atoms with van der Waals surface area (Å²) in [4.78, 5) is 26.6. The molecule has 0 spiro atoms. The Morgan fingerprint density at radius 2 is 1.80 bits per heavy atom. The highest BCUT2D eigenvalue weighted by molar-refractivity contribution is 5.91. The first kappa shape index (κ1) is 12.2. The van der Waals surface area contributed by atoms with Crippen LogP contribution in [0.1, 0.15) is 10.5 Å². The number of nitrogens with two attached hydrogens (primary N) is 1. The van der Waals surface area contributed by atoms with Crippen LogP contribution in [0, 0.1) is 0 Å². The molecule has 2 N–H and O–H groups in total. The molecule has 0 radical (unpaired) electrons. The molecule has 0 aliphatic heterocycles. The summed E-state index contributed by atoms with van der Waals surface area (Å²) in [6.45, 7) is 0. The molecule has 0 fully saturated rings. The highest BCUT2D eigenvalue weighted by Crippen LogP contribution is 2.18. The third kappa shape index (κ3) is 1.97. The summed E-state index contributed by atoms with van der Waals surface area (Å²) in [5.41, 5.74) is 7.84. The van der Waals surface area contributed by atoms with Crippen LogP contribution in [-0.2, 0) is 7.05 Å². The molecule has 3 rings (SSSR count). The normalized spacial score (nSPS) is 10.8. The van der Waals surface area contributed by atoms with Gasteiger partial charge >= 0.3 is 0 Å². The van der Waals surface area contributed by atoms with E-state index in [0.717, 1.165) is 11.1 Å². The smallest absolute Gasteiger partial charge is 0.268 e. The van der Waals surface area contributed by atoms with Crippen LogP contribution in [0.2, 0.25) is 0 Å². The van der Waals surface area contributed by atoms with Crippen LogP contribution in [0.25, 0.3) is 16.8 Å². The minimum Gasteiger partial charge on any atom is -0.364 e. The summed E-state index contributed by atoms with van der Waals surface area (Å²) < 4.78 is 3.25. The molecule has 3 heterocycles. The number of aromatic nitrogens is 3. The highest BCUT2D eigenvalue weighted by atomic mass is 16.1. The van der Waals surface area contributed by atoms with Crippen molar-refractivity contribution in [2.45, 2.75) is 0 Å². The quantitative estimate of drug-likeness (QED) is 0.746. The van der Waals surface area contributed by atoms with Gasteiger partial charge in [-0.15, -0.1) is 0 Å². The summed E-state index contributed by atoms with van der Waals surface area (Å²) in [7, 11) is 1.70. The van der Waals surface area contributed by atoms with Crippen molar-refractivity contribution in [2.24, 2.45) is 12.8 Å². The van der Waals surface area contributed by atoms with Gasteiger partial charge in [0.15, 0.2) is 0 Å². The van der Waals surface area contributed by atoms with Crippen molar-refractivity contribution in [3.8, 4) is 11.1 Å². The van der Waals surface area contributed by atoms with E-state index in [4.69, 9.17) is 5.73 Å². The van der Waals surface area contributed by atoms with Crippen molar-refractivity contribution < 1.29 is 4.79 Å². The lowest BCUT2D eigenvalue weighted by molar-refractivity contribution is 0.0996. The van der Waals surface area contributed by atoms with E-state index in [1.807, 2.05) is 12.3 Å². The molecule has 0 atom stereocenters. The second-order valence-electron chi connectivity index (χ2n) is 4.54. The van der Waals surface area contributed by atoms with Gasteiger partial charge in [-0.25, -0.2) is 4.98 Å². The van der Waals surface area contributed by atoms with Crippen LogP contribution in [0.15, 0.2) is 47.7 Å². The van der Waals surface area contributed by atoms with Crippen molar-refractivity contribution >= 4 is 11.6 Å². The monoisotopic (exact) mass is 268 g/mol. The van der Waals surface area contributed by atoms with Crippen LogP contribution in [0.5, 0.6) is 0 Å². The zero-order chi connectivity index (χ0) is 14.3. The van der Waals surface area contributed by atoms with Crippen molar-refractivity contribution in [3.63, 3.8) is 0 Å². The van der Waals surface area contributed by atoms with E-state index >= 15 is 0 Å². The van der Waals surface area contributed by atoms with E-state index in [2.05, 4.69) is 4.98 Å². The molecule has 6 nitrogen and oxygen atoms in total. The number of amides is 1. The van der Waals surface area contributed by atoms with Gasteiger partial charge < -0.3 is 14.7 Å². The van der Waals surface area contributed by atoms with Gasteiger partial charge in [0.2, 0.25) is 5.56 Å². The number of primary amides is 1. The van der Waals surface area contributed by atoms with Gasteiger partial charge in [0, 0.05) is 31.7 Å². The van der Waals surface area contributed by atoms with Crippen LogP contribution in [0.3, 0.4) is 0 Å². The molecule has 0 unspecified atom stereocenters. The van der Waals surface area contributed by atoms with Crippen LogP contribution >= 0.6 is 0 Å². The lowest BCUT2D eigenvalue weighted by atomic mass is 10.1. The number of nitrogens with zero attached hydrogens (tertiary/aromatic N) is 3. The standard InChI is InChI=1S/C14H12N4O2/c1-17-6-9(3-5-13(17)19)10-2-4-12-16-11(14(15)20)8-18(12)7-10/h2-8H,1H3,(H2,15,20). The molecule has 100 valence electrons. The van der Waals surface area contributed by atoms with Gasteiger partial charge in [-0.3, -0.25) is 9.59 Å². The van der Waals surface area contributed by atoms with Crippen LogP contribution in [-0.4, -0.2) is 19.9 Å². The SMILES string of the molecule is Cn1cc(-c2ccc3nc(C(N)=O)cn3c2)ccc1=O. The minimum absolute atomic E-state index is 0.0616. The second kappa shape index (κ2) is 4.34. The number of fused-ring (bicyclic) bond motifs is 1. The Hall–Kier alpha value is -2.89. The van der Waals surface area contributed by atoms with Gasteiger partial charge in [-0.2, -0.15) is 0 Å². The number of aryl methyl sites for hydroxylation is 1. The Labute approximate surface area is 114 Å². The lowest BCUT2D eigenvalue weighted by Gasteiger charge is -2.04. The third-order valence-corrected chi connectivity index (χ3v) is 3.12. The topological polar surface area (TPSA) is 82.4 Å². The molecule has 0 aromatic carbocycles. The summed E-state index contributed by atoms with van der Waals surface area (Å²) in [6, 6.07) is 6.96. The zero-order valence-corrected chi connectivity index (χ0v) is 10.8. The summed E-state index contributed by atoms with van der Waals surface area (Å²) >= 11 is 0. The maximum Gasteiger partial charge on any atom is 0.268 e. The molecule has 3 aromatic heterocycles. The second-order valence-corrected chi connectivity index (χ2v) is 4.54. The number of hydrogen-bond acceptors (Lipinski definition) is 3. The molecule has 0 aliphatic carbocycles. The predicted octanol–water partition coefficient (Wildman–Crippen LogP) is 0.799. The first-order chi connectivity index (χ1) is 9.54. The number of hydrogen-bond donors (Lipinski definition) is 1. The minimum atomic E-state index is -0.558. The number of pyridine rings is 2. The number of imidazole rings is 1. The summed E-state index contributed by atoms with van der Waals surface area (Å²) in [6.07, 6.45) is 5.19. The van der Waals surface area contributed by atoms with E-state index < -0.39 is 5.91 Å². The van der Waals surface area contributed by atoms with Crippen molar-refractivity contribution in [1.29, 1.82) is 0 Å². The molecular weight excluding hydrogens is 256 g/mol. The lowest BCUT2D eigenvalue weighted by Crippen LogP contribution is -2.13. The predicted molar refractivity (Wildman–Crippen MR) is 74.4 cm³/mol. The fourth-order valence-electron chi connectivity index (χ4n) is 2.05. The highest BCUT2D eigenvalue weighted by Gasteiger charge is 2.07. The van der Waals surface area contributed by atoms with Crippen LogP contribution in [0.4, 0.5) is 0 Å². The Kier molecular flexibility index (Phi) is 2.64. The van der Waals surface area contributed by atoms with Crippen molar-refractivity contribution in [2.75, 3.05) is 0 Å². The molecule has 0 aliphatic rings. The number of rotatable bonds is 2. The van der Waals surface area contributed by atoms with E-state index in [0.29, 0.717) is 5.65 Å². The molecule has 0 saturated carbocycles. The van der Waals surface area contributed by atoms with E-state index in [1.165, 1.54) is 10.6 Å². The van der Waals surface area contributed by atoms with Gasteiger partial charge in [0.25, 0.3) is 5.91 Å². The van der Waals surface area contributed by atoms with E-state index in [9.17, 15) is 9.59 Å². The van der Waals surface area contributed by atoms with Crippen molar-refractivity contribution in [1.82, 2.24) is 14.0 Å². The van der Waals surface area contributed by atoms with Crippen molar-refractivity contribution in [3.05, 3.63) is 58.9 Å². The Bertz CT molecular complexity index is 876. The molecule has 6 heteroatoms. The van der Waals surface area contributed by atoms with E-state index in [-0.39, 0.29) is 11.3 Å². The third-order valence-electron chi connectivity index (χ3n) is 3.12. The maximum absolute atomic E-state index is 11.4. The van der Waals surface area contributed by atoms with Gasteiger partial charge in [0.1, 0.15) is 11.3 Å². The molecule has 3 aromatic rings. The number of carbonyl (C=O) groups excluding carboxylic acids is 1. The zero-order valence-electron chi connectivity index (χ0n) is 10.8. The molecular formula is C14H12N4O2. The summed E-state index contributed by atoms with van der Waals surface area (Å²) in [5, 5.41) is 0. The Morgan fingerprint density at radius 3 is 2.50 bits per heavy atom. The Balaban J connectivity index is 2.14. The molecule has 1 amide bonds. The molecule has 0 saturated heterocycles. The fourth-order valence-corrected chi connectivity index (χ4v) is 2.05. The summed E-state index contributed by atoms with van der Waals surface area (Å²) in [5.74, 6) is -0.558.